The molecule has 2 N–H and O–H groups in total. The van der Waals surface area contributed by atoms with Crippen molar-refractivity contribution in [3.8, 4) is 5.75 Å². The summed E-state index contributed by atoms with van der Waals surface area (Å²) in [6.07, 6.45) is 1.11. The van der Waals surface area contributed by atoms with Gasteiger partial charge in [-0.05, 0) is 58.2 Å². The molecule has 1 heterocycles. The van der Waals surface area contributed by atoms with Crippen LogP contribution in [0.25, 0.3) is 0 Å². The molecule has 1 aromatic rings. The van der Waals surface area contributed by atoms with Crippen LogP contribution in [0.2, 0.25) is 0 Å². The van der Waals surface area contributed by atoms with Crippen LogP contribution in [0.4, 0.5) is 4.79 Å². The van der Waals surface area contributed by atoms with Gasteiger partial charge in [-0.1, -0.05) is 12.1 Å². The molecule has 0 bridgehead atoms. The average molecular weight is 420 g/mol. The van der Waals surface area contributed by atoms with Gasteiger partial charge in [-0.2, -0.15) is 0 Å². The molecule has 30 heavy (non-hydrogen) atoms. The number of ether oxygens (including phenoxy) is 2. The van der Waals surface area contributed by atoms with E-state index in [1.807, 2.05) is 36.1 Å². The van der Waals surface area contributed by atoms with E-state index in [1.54, 1.807) is 20.8 Å². The van der Waals surface area contributed by atoms with Gasteiger partial charge in [0.1, 0.15) is 17.9 Å². The number of carbonyl (C=O) groups is 3. The van der Waals surface area contributed by atoms with Crippen LogP contribution in [0.5, 0.6) is 5.75 Å². The number of alkyl carbamates (subject to hydrolysis) is 1. The molecule has 1 fully saturated rings. The maximum Gasteiger partial charge on any atom is 0.408 e. The molecule has 0 aromatic heterocycles. The van der Waals surface area contributed by atoms with Crippen molar-refractivity contribution in [3.63, 3.8) is 0 Å². The second-order valence-electron chi connectivity index (χ2n) is 8.33. The molecule has 1 aromatic carbocycles. The summed E-state index contributed by atoms with van der Waals surface area (Å²) in [5.74, 6) is 0.613. The number of hydrogen-bond acceptors (Lipinski definition) is 5. The zero-order valence-electron chi connectivity index (χ0n) is 18.3. The molecule has 0 spiro atoms. The summed E-state index contributed by atoms with van der Waals surface area (Å²) in [6, 6.07) is 7.56. The molecular weight excluding hydrogens is 386 g/mol. The Morgan fingerprint density at radius 2 is 1.73 bits per heavy atom. The first-order chi connectivity index (χ1) is 14.2. The first-order valence-electron chi connectivity index (χ1n) is 10.4. The van der Waals surface area contributed by atoms with Gasteiger partial charge in [-0.25, -0.2) is 4.79 Å². The number of carbonyl (C=O) groups excluding carboxylic acids is 3. The highest BCUT2D eigenvalue weighted by atomic mass is 16.6. The molecule has 0 radical (unpaired) electrons. The van der Waals surface area contributed by atoms with E-state index in [-0.39, 0.29) is 24.4 Å². The number of nitrogens with one attached hydrogen (secondary N) is 2. The Morgan fingerprint density at radius 3 is 2.30 bits per heavy atom. The van der Waals surface area contributed by atoms with E-state index in [4.69, 9.17) is 9.47 Å². The van der Waals surface area contributed by atoms with Gasteiger partial charge in [0.15, 0.2) is 0 Å². The lowest BCUT2D eigenvalue weighted by atomic mass is 10.0. The van der Waals surface area contributed by atoms with E-state index in [9.17, 15) is 14.4 Å². The van der Waals surface area contributed by atoms with Gasteiger partial charge >= 0.3 is 6.09 Å². The minimum atomic E-state index is -0.618. The maximum absolute atomic E-state index is 12.5. The molecule has 8 heteroatoms. The van der Waals surface area contributed by atoms with Crippen molar-refractivity contribution < 1.29 is 23.9 Å². The fourth-order valence-electron chi connectivity index (χ4n) is 3.18. The Bertz CT molecular complexity index is 719. The molecule has 0 unspecified atom stereocenters. The molecule has 0 saturated carbocycles. The van der Waals surface area contributed by atoms with Gasteiger partial charge in [0.25, 0.3) is 0 Å². The number of amides is 3. The van der Waals surface area contributed by atoms with Crippen molar-refractivity contribution in [2.24, 2.45) is 0 Å². The maximum atomic E-state index is 12.5. The molecule has 1 aliphatic heterocycles. The molecular formula is C22H33N3O5. The summed E-state index contributed by atoms with van der Waals surface area (Å²) in [6.45, 7) is 8.89. The van der Waals surface area contributed by atoms with Crippen molar-refractivity contribution in [2.45, 2.75) is 58.6 Å². The van der Waals surface area contributed by atoms with Gasteiger partial charge in [-0.3, -0.25) is 9.59 Å². The molecule has 2 rings (SSSR count). The molecule has 1 saturated heterocycles. The van der Waals surface area contributed by atoms with Gasteiger partial charge in [-0.15, -0.1) is 0 Å². The van der Waals surface area contributed by atoms with E-state index in [2.05, 4.69) is 10.6 Å². The fourth-order valence-corrected chi connectivity index (χ4v) is 3.18. The normalized spacial score (nSPS) is 14.7. The number of hydrogen-bond donors (Lipinski definition) is 2. The molecule has 0 aliphatic carbocycles. The standard InChI is InChI=1S/C22H33N3O5/c1-5-29-18-8-6-16(7-9-18)14-20(27)25-12-10-17(11-13-25)24-19(26)15-23-21(28)30-22(2,3)4/h6-9,17H,5,10-15H2,1-4H3,(H,23,28)(H,24,26). The second kappa shape index (κ2) is 10.8. The highest BCUT2D eigenvalue weighted by Gasteiger charge is 2.24. The van der Waals surface area contributed by atoms with Crippen LogP contribution in [0, 0.1) is 0 Å². The summed E-state index contributed by atoms with van der Waals surface area (Å²) in [7, 11) is 0. The third kappa shape index (κ3) is 8.31. The Labute approximate surface area is 178 Å². The number of nitrogens with zero attached hydrogens (tertiary/aromatic N) is 1. The third-order valence-corrected chi connectivity index (χ3v) is 4.59. The van der Waals surface area contributed by atoms with Crippen LogP contribution in [0.15, 0.2) is 24.3 Å². The first kappa shape index (κ1) is 23.5. The zero-order chi connectivity index (χ0) is 22.1. The fraction of sp³-hybridized carbons (Fsp3) is 0.591. The molecule has 8 nitrogen and oxygen atoms in total. The zero-order valence-corrected chi connectivity index (χ0v) is 18.3. The Kier molecular flexibility index (Phi) is 8.50. The molecule has 166 valence electrons. The number of rotatable bonds is 7. The molecule has 0 atom stereocenters. The van der Waals surface area contributed by atoms with Crippen molar-refractivity contribution in [2.75, 3.05) is 26.2 Å². The van der Waals surface area contributed by atoms with Crippen molar-refractivity contribution in [1.82, 2.24) is 15.5 Å². The van der Waals surface area contributed by atoms with Gasteiger partial charge in [0.2, 0.25) is 11.8 Å². The highest BCUT2D eigenvalue weighted by molar-refractivity contribution is 5.82. The highest BCUT2D eigenvalue weighted by Crippen LogP contribution is 2.15. The van der Waals surface area contributed by atoms with Crippen molar-refractivity contribution in [1.29, 1.82) is 0 Å². The largest absolute Gasteiger partial charge is 0.494 e. The number of benzene rings is 1. The van der Waals surface area contributed by atoms with Crippen LogP contribution < -0.4 is 15.4 Å². The van der Waals surface area contributed by atoms with Crippen molar-refractivity contribution in [3.05, 3.63) is 29.8 Å². The predicted octanol–water partition coefficient (Wildman–Crippen LogP) is 2.26. The van der Waals surface area contributed by atoms with E-state index in [1.165, 1.54) is 0 Å². The number of piperidine rings is 1. The van der Waals surface area contributed by atoms with Crippen LogP contribution in [0.3, 0.4) is 0 Å². The van der Waals surface area contributed by atoms with Crippen LogP contribution in [0.1, 0.15) is 46.1 Å². The Morgan fingerprint density at radius 1 is 1.10 bits per heavy atom. The monoisotopic (exact) mass is 419 g/mol. The van der Waals surface area contributed by atoms with Crippen LogP contribution in [-0.2, 0) is 20.7 Å². The van der Waals surface area contributed by atoms with Gasteiger partial charge in [0, 0.05) is 19.1 Å². The Hall–Kier alpha value is -2.77. The lowest BCUT2D eigenvalue weighted by Crippen LogP contribution is -2.49. The first-order valence-corrected chi connectivity index (χ1v) is 10.4. The minimum absolute atomic E-state index is 0.00698. The average Bonchev–Trinajstić information content (AvgIpc) is 2.67. The minimum Gasteiger partial charge on any atom is -0.494 e. The lowest BCUT2D eigenvalue weighted by Gasteiger charge is -2.32. The van der Waals surface area contributed by atoms with Gasteiger partial charge < -0.3 is 25.0 Å². The smallest absolute Gasteiger partial charge is 0.408 e. The van der Waals surface area contributed by atoms with E-state index >= 15 is 0 Å². The van der Waals surface area contributed by atoms with Gasteiger partial charge in [0.05, 0.1) is 13.0 Å². The van der Waals surface area contributed by atoms with E-state index < -0.39 is 11.7 Å². The van der Waals surface area contributed by atoms with E-state index in [0.29, 0.717) is 39.0 Å². The van der Waals surface area contributed by atoms with E-state index in [0.717, 1.165) is 11.3 Å². The summed E-state index contributed by atoms with van der Waals surface area (Å²) < 4.78 is 10.5. The second-order valence-corrected chi connectivity index (χ2v) is 8.33. The quantitative estimate of drug-likeness (QED) is 0.707. The summed E-state index contributed by atoms with van der Waals surface area (Å²) in [4.78, 5) is 38.0. The summed E-state index contributed by atoms with van der Waals surface area (Å²) >= 11 is 0. The number of likely N-dealkylation sites (tertiary alicyclic amines) is 1. The molecule has 3 amide bonds. The summed E-state index contributed by atoms with van der Waals surface area (Å²) in [5.41, 5.74) is 0.345. The Balaban J connectivity index is 1.69. The summed E-state index contributed by atoms with van der Waals surface area (Å²) in [5, 5.41) is 5.35. The third-order valence-electron chi connectivity index (χ3n) is 4.59. The topological polar surface area (TPSA) is 97.0 Å². The van der Waals surface area contributed by atoms with Crippen LogP contribution >= 0.6 is 0 Å². The predicted molar refractivity (Wildman–Crippen MR) is 113 cm³/mol. The molecule has 1 aliphatic rings. The van der Waals surface area contributed by atoms with Crippen molar-refractivity contribution >= 4 is 17.9 Å². The lowest BCUT2D eigenvalue weighted by molar-refractivity contribution is -0.131. The van der Waals surface area contributed by atoms with Crippen LogP contribution in [-0.4, -0.2) is 60.7 Å². The SMILES string of the molecule is CCOc1ccc(CC(=O)N2CCC(NC(=O)CNC(=O)OC(C)(C)C)CC2)cc1.